The third-order valence-electron chi connectivity index (χ3n) is 3.50. The molecule has 138 valence electrons. The van der Waals surface area contributed by atoms with E-state index >= 15 is 0 Å². The summed E-state index contributed by atoms with van der Waals surface area (Å²) in [6.45, 7) is 5.49. The smallest absolute Gasteiger partial charge is 0.325 e. The van der Waals surface area contributed by atoms with Gasteiger partial charge in [-0.25, -0.2) is 10.2 Å². The van der Waals surface area contributed by atoms with Gasteiger partial charge in [0.2, 0.25) is 5.91 Å². The first kappa shape index (κ1) is 19.2. The van der Waals surface area contributed by atoms with E-state index in [1.165, 1.54) is 6.21 Å². The van der Waals surface area contributed by atoms with E-state index in [0.29, 0.717) is 12.1 Å². The molecule has 1 aromatic carbocycles. The van der Waals surface area contributed by atoms with Crippen molar-refractivity contribution >= 4 is 12.1 Å². The molecule has 0 spiro atoms. The Morgan fingerprint density at radius 2 is 1.92 bits per heavy atom. The van der Waals surface area contributed by atoms with Gasteiger partial charge in [-0.2, -0.15) is 5.10 Å². The Bertz CT molecular complexity index is 895. The lowest BCUT2D eigenvalue weighted by molar-refractivity contribution is -0.121. The second-order valence-electron chi connectivity index (χ2n) is 6.05. The van der Waals surface area contributed by atoms with E-state index in [0.717, 1.165) is 11.3 Å². The summed E-state index contributed by atoms with van der Waals surface area (Å²) in [4.78, 5) is 39.2. The van der Waals surface area contributed by atoms with Gasteiger partial charge in [-0.05, 0) is 44.9 Å². The Morgan fingerprint density at radius 3 is 2.54 bits per heavy atom. The molecule has 2 aromatic rings. The Balaban J connectivity index is 1.86. The van der Waals surface area contributed by atoms with Crippen LogP contribution in [0.15, 0.2) is 39.0 Å². The number of rotatable bonds is 7. The Morgan fingerprint density at radius 1 is 1.23 bits per heavy atom. The van der Waals surface area contributed by atoms with Gasteiger partial charge < -0.3 is 9.72 Å². The van der Waals surface area contributed by atoms with Crippen molar-refractivity contribution in [3.05, 3.63) is 61.9 Å². The molecular formula is C18H22N4O4. The Hall–Kier alpha value is -3.16. The number of H-pyrrole nitrogens is 2. The van der Waals surface area contributed by atoms with Crippen LogP contribution >= 0.6 is 0 Å². The molecule has 3 N–H and O–H groups in total. The lowest BCUT2D eigenvalue weighted by atomic mass is 10.1. The van der Waals surface area contributed by atoms with Crippen molar-refractivity contribution in [2.45, 2.75) is 39.7 Å². The monoisotopic (exact) mass is 358 g/mol. The number of aromatic amines is 2. The van der Waals surface area contributed by atoms with Gasteiger partial charge in [0, 0.05) is 12.1 Å². The van der Waals surface area contributed by atoms with E-state index in [-0.39, 0.29) is 24.0 Å². The molecule has 0 saturated carbocycles. The highest BCUT2D eigenvalue weighted by atomic mass is 16.5. The molecule has 8 heteroatoms. The minimum atomic E-state index is -0.585. The molecule has 0 fully saturated rings. The second-order valence-corrected chi connectivity index (χ2v) is 6.05. The van der Waals surface area contributed by atoms with Gasteiger partial charge in [-0.15, -0.1) is 0 Å². The molecule has 0 bridgehead atoms. The number of ether oxygens (including phenoxy) is 1. The quantitative estimate of drug-likeness (QED) is 0.510. The molecule has 0 atom stereocenters. The van der Waals surface area contributed by atoms with Crippen LogP contribution in [0.1, 0.15) is 37.1 Å². The average molecular weight is 358 g/mol. The summed E-state index contributed by atoms with van der Waals surface area (Å²) in [5.74, 6) is 0.515. The Kier molecular flexibility index (Phi) is 6.48. The zero-order chi connectivity index (χ0) is 19.1. The summed E-state index contributed by atoms with van der Waals surface area (Å²) >= 11 is 0. The maximum Gasteiger partial charge on any atom is 0.325 e. The highest BCUT2D eigenvalue weighted by Gasteiger charge is 2.05. The number of benzene rings is 1. The van der Waals surface area contributed by atoms with Crippen molar-refractivity contribution < 1.29 is 9.53 Å². The standard InChI is InChI=1S/C18H22N4O4/c1-11(2)26-14-7-4-13(5-8-14)6-9-16(23)22-19-10-15-12(3)20-18(25)21-17(15)24/h4-5,7-8,10-11H,6,9H2,1-3H3,(H,22,23)(H2,20,21,24,25)/b19-10-. The Labute approximate surface area is 150 Å². The number of carbonyl (C=O) groups is 1. The molecule has 0 unspecified atom stereocenters. The fraction of sp³-hybridized carbons (Fsp3) is 0.333. The minimum absolute atomic E-state index is 0.114. The maximum absolute atomic E-state index is 11.8. The van der Waals surface area contributed by atoms with Crippen LogP contribution in [0.4, 0.5) is 0 Å². The van der Waals surface area contributed by atoms with Crippen molar-refractivity contribution in [3.63, 3.8) is 0 Å². The number of carbonyl (C=O) groups excluding carboxylic acids is 1. The van der Waals surface area contributed by atoms with E-state index < -0.39 is 11.2 Å². The van der Waals surface area contributed by atoms with Gasteiger partial charge in [-0.3, -0.25) is 14.6 Å². The first-order valence-corrected chi connectivity index (χ1v) is 8.26. The highest BCUT2D eigenvalue weighted by Crippen LogP contribution is 2.14. The van der Waals surface area contributed by atoms with E-state index in [1.54, 1.807) is 6.92 Å². The van der Waals surface area contributed by atoms with Crippen LogP contribution in [0.2, 0.25) is 0 Å². The lowest BCUT2D eigenvalue weighted by Gasteiger charge is -2.09. The molecular weight excluding hydrogens is 336 g/mol. The molecule has 2 rings (SSSR count). The number of nitrogens with zero attached hydrogens (tertiary/aromatic N) is 1. The summed E-state index contributed by atoms with van der Waals surface area (Å²) in [6, 6.07) is 7.57. The molecule has 0 aliphatic heterocycles. The van der Waals surface area contributed by atoms with Gasteiger partial charge in [0.15, 0.2) is 0 Å². The number of nitrogens with one attached hydrogen (secondary N) is 3. The number of hydrogen-bond donors (Lipinski definition) is 3. The number of aryl methyl sites for hydroxylation is 2. The van der Waals surface area contributed by atoms with Crippen LogP contribution in [-0.2, 0) is 11.2 Å². The predicted molar refractivity (Wildman–Crippen MR) is 98.7 cm³/mol. The van der Waals surface area contributed by atoms with Crippen molar-refractivity contribution in [2.75, 3.05) is 0 Å². The topological polar surface area (TPSA) is 116 Å². The first-order valence-electron chi connectivity index (χ1n) is 8.26. The van der Waals surface area contributed by atoms with Crippen LogP contribution in [-0.4, -0.2) is 28.2 Å². The molecule has 0 aliphatic rings. The molecule has 0 saturated heterocycles. The highest BCUT2D eigenvalue weighted by molar-refractivity contribution is 5.82. The fourth-order valence-electron chi connectivity index (χ4n) is 2.25. The summed E-state index contributed by atoms with van der Waals surface area (Å²) < 4.78 is 5.57. The van der Waals surface area contributed by atoms with Gasteiger partial charge in [0.25, 0.3) is 5.56 Å². The van der Waals surface area contributed by atoms with Crippen LogP contribution in [0.25, 0.3) is 0 Å². The van der Waals surface area contributed by atoms with Crippen LogP contribution in [0, 0.1) is 6.92 Å². The first-order chi connectivity index (χ1) is 12.3. The average Bonchev–Trinajstić information content (AvgIpc) is 2.56. The second kappa shape index (κ2) is 8.80. The third kappa shape index (κ3) is 5.73. The number of hydrazone groups is 1. The van der Waals surface area contributed by atoms with Crippen LogP contribution in [0.3, 0.4) is 0 Å². The minimum Gasteiger partial charge on any atom is -0.491 e. The molecule has 1 heterocycles. The molecule has 1 aromatic heterocycles. The summed E-state index contributed by atoms with van der Waals surface area (Å²) in [7, 11) is 0. The van der Waals surface area contributed by atoms with E-state index in [9.17, 15) is 14.4 Å². The van der Waals surface area contributed by atoms with Crippen molar-refractivity contribution in [3.8, 4) is 5.75 Å². The van der Waals surface area contributed by atoms with Gasteiger partial charge >= 0.3 is 5.69 Å². The summed E-state index contributed by atoms with van der Waals surface area (Å²) in [5, 5.41) is 3.77. The van der Waals surface area contributed by atoms with Crippen LogP contribution < -0.4 is 21.4 Å². The number of aromatic nitrogens is 2. The SMILES string of the molecule is Cc1[nH]c(=O)[nH]c(=O)c1/C=N\NC(=O)CCc1ccc(OC(C)C)cc1. The largest absolute Gasteiger partial charge is 0.491 e. The molecule has 8 nitrogen and oxygen atoms in total. The fourth-order valence-corrected chi connectivity index (χ4v) is 2.25. The van der Waals surface area contributed by atoms with Gasteiger partial charge in [0.1, 0.15) is 5.75 Å². The van der Waals surface area contributed by atoms with E-state index in [2.05, 4.69) is 20.5 Å². The normalized spacial score (nSPS) is 11.1. The van der Waals surface area contributed by atoms with Crippen LogP contribution in [0.5, 0.6) is 5.75 Å². The zero-order valence-electron chi connectivity index (χ0n) is 15.0. The van der Waals surface area contributed by atoms with Crippen molar-refractivity contribution in [2.24, 2.45) is 5.10 Å². The predicted octanol–water partition coefficient (Wildman–Crippen LogP) is 1.24. The maximum atomic E-state index is 11.8. The third-order valence-corrected chi connectivity index (χ3v) is 3.50. The summed E-state index contributed by atoms with van der Waals surface area (Å²) in [6.07, 6.45) is 2.13. The zero-order valence-corrected chi connectivity index (χ0v) is 15.0. The molecule has 1 amide bonds. The number of amides is 1. The molecule has 0 aliphatic carbocycles. The van der Waals surface area contributed by atoms with E-state index in [1.807, 2.05) is 38.1 Å². The van der Waals surface area contributed by atoms with Gasteiger partial charge in [-0.1, -0.05) is 12.1 Å². The van der Waals surface area contributed by atoms with Crippen molar-refractivity contribution in [1.29, 1.82) is 0 Å². The molecule has 26 heavy (non-hydrogen) atoms. The van der Waals surface area contributed by atoms with Crippen molar-refractivity contribution in [1.82, 2.24) is 15.4 Å². The summed E-state index contributed by atoms with van der Waals surface area (Å²) in [5.41, 5.74) is 2.79. The number of hydrogen-bond acceptors (Lipinski definition) is 5. The van der Waals surface area contributed by atoms with E-state index in [4.69, 9.17) is 4.74 Å². The molecule has 0 radical (unpaired) electrons. The van der Waals surface area contributed by atoms with Gasteiger partial charge in [0.05, 0.1) is 17.9 Å². The lowest BCUT2D eigenvalue weighted by Crippen LogP contribution is -2.27.